The highest BCUT2D eigenvalue weighted by molar-refractivity contribution is 5.25. The lowest BCUT2D eigenvalue weighted by Crippen LogP contribution is -2.44. The molecule has 0 fully saturated rings. The molecule has 0 atom stereocenters. The summed E-state index contributed by atoms with van der Waals surface area (Å²) in [4.78, 5) is 0. The molecule has 0 heterocycles. The summed E-state index contributed by atoms with van der Waals surface area (Å²) in [6.07, 6.45) is 0. The average molecular weight is 234 g/mol. The number of halogens is 1. The maximum atomic E-state index is 12.8. The molecular weight excluding hydrogens is 215 g/mol. The zero-order valence-corrected chi connectivity index (χ0v) is 10.8. The number of rotatable bonds is 4. The highest BCUT2D eigenvalue weighted by atomic mass is 19.1. The summed E-state index contributed by atoms with van der Waals surface area (Å²) in [6, 6.07) is 8.71. The van der Waals surface area contributed by atoms with Crippen molar-refractivity contribution in [3.05, 3.63) is 35.6 Å². The minimum absolute atomic E-state index is 0.137. The zero-order valence-electron chi connectivity index (χ0n) is 10.8. The molecule has 0 saturated carbocycles. The lowest BCUT2D eigenvalue weighted by atomic mass is 9.84. The van der Waals surface area contributed by atoms with Crippen molar-refractivity contribution in [1.82, 2.24) is 5.32 Å². The molecule has 1 rings (SSSR count). The van der Waals surface area contributed by atoms with Gasteiger partial charge in [0.05, 0.1) is 6.07 Å². The van der Waals surface area contributed by atoms with Gasteiger partial charge in [-0.15, -0.1) is 0 Å². The Bertz CT molecular complexity index is 413. The average Bonchev–Trinajstić information content (AvgIpc) is 2.27. The van der Waals surface area contributed by atoms with Crippen LogP contribution in [0, 0.1) is 17.1 Å². The highest BCUT2D eigenvalue weighted by Gasteiger charge is 2.24. The molecule has 0 spiro atoms. The highest BCUT2D eigenvalue weighted by Crippen LogP contribution is 2.23. The van der Waals surface area contributed by atoms with Crippen LogP contribution in [0.1, 0.15) is 33.3 Å². The quantitative estimate of drug-likeness (QED) is 0.869. The van der Waals surface area contributed by atoms with E-state index >= 15 is 0 Å². The van der Waals surface area contributed by atoms with E-state index in [-0.39, 0.29) is 11.2 Å². The zero-order chi connectivity index (χ0) is 13.1. The third kappa shape index (κ3) is 3.83. The number of hydrogen-bond donors (Lipinski definition) is 1. The topological polar surface area (TPSA) is 35.8 Å². The van der Waals surface area contributed by atoms with E-state index in [0.717, 1.165) is 5.56 Å². The molecule has 0 unspecified atom stereocenters. The van der Waals surface area contributed by atoms with Gasteiger partial charge in [0.15, 0.2) is 0 Å². The molecule has 0 amide bonds. The number of nitrogens with one attached hydrogen (secondary N) is 1. The molecule has 0 aliphatic rings. The summed E-state index contributed by atoms with van der Waals surface area (Å²) in [7, 11) is 0. The molecule has 0 aliphatic carbocycles. The fourth-order valence-corrected chi connectivity index (χ4v) is 1.48. The number of hydrogen-bond acceptors (Lipinski definition) is 2. The van der Waals surface area contributed by atoms with E-state index in [9.17, 15) is 4.39 Å². The molecule has 0 saturated heterocycles. The van der Waals surface area contributed by atoms with Gasteiger partial charge in [0.2, 0.25) is 0 Å². The van der Waals surface area contributed by atoms with Crippen LogP contribution in [0.4, 0.5) is 4.39 Å². The number of nitriles is 1. The molecule has 3 heteroatoms. The number of benzene rings is 1. The van der Waals surface area contributed by atoms with Gasteiger partial charge >= 0.3 is 0 Å². The minimum atomic E-state index is -0.544. The van der Waals surface area contributed by atoms with Crippen LogP contribution < -0.4 is 5.32 Å². The summed E-state index contributed by atoms with van der Waals surface area (Å²) in [5.74, 6) is -0.227. The molecule has 0 aromatic heterocycles. The predicted molar refractivity (Wildman–Crippen MR) is 67.1 cm³/mol. The number of nitrogens with zero attached hydrogens (tertiary/aromatic N) is 1. The molecule has 1 aromatic rings. The molecule has 2 nitrogen and oxygen atoms in total. The predicted octanol–water partition coefficient (Wildman–Crippen LogP) is 3.00. The van der Waals surface area contributed by atoms with E-state index in [1.54, 1.807) is 12.1 Å². The first kappa shape index (κ1) is 13.7. The Morgan fingerprint density at radius 1 is 1.18 bits per heavy atom. The van der Waals surface area contributed by atoms with E-state index in [1.165, 1.54) is 12.1 Å². The van der Waals surface area contributed by atoms with Crippen molar-refractivity contribution in [2.75, 3.05) is 6.54 Å². The van der Waals surface area contributed by atoms with Crippen LogP contribution in [-0.2, 0) is 5.41 Å². The van der Waals surface area contributed by atoms with E-state index in [0.29, 0.717) is 6.54 Å². The lowest BCUT2D eigenvalue weighted by Gasteiger charge is -2.29. The summed E-state index contributed by atoms with van der Waals surface area (Å²) in [6.45, 7) is 8.49. The maximum absolute atomic E-state index is 12.8. The van der Waals surface area contributed by atoms with Gasteiger partial charge in [0, 0.05) is 12.0 Å². The van der Waals surface area contributed by atoms with Crippen molar-refractivity contribution in [1.29, 1.82) is 5.26 Å². The first-order valence-corrected chi connectivity index (χ1v) is 5.69. The molecule has 0 bridgehead atoms. The third-order valence-electron chi connectivity index (χ3n) is 2.88. The summed E-state index contributed by atoms with van der Waals surface area (Å²) in [5, 5.41) is 12.1. The second kappa shape index (κ2) is 4.85. The Morgan fingerprint density at radius 3 is 2.18 bits per heavy atom. The summed E-state index contributed by atoms with van der Waals surface area (Å²) < 4.78 is 12.8. The van der Waals surface area contributed by atoms with Crippen LogP contribution in [-0.4, -0.2) is 12.1 Å². The van der Waals surface area contributed by atoms with Crippen molar-refractivity contribution in [2.24, 2.45) is 0 Å². The van der Waals surface area contributed by atoms with E-state index in [1.807, 2.05) is 13.8 Å². The van der Waals surface area contributed by atoms with Crippen molar-refractivity contribution >= 4 is 0 Å². The summed E-state index contributed by atoms with van der Waals surface area (Å²) in [5.41, 5.74) is 0.374. The standard InChI is InChI=1S/C14H19FN2/c1-13(2,10-17-14(3,4)9-16)11-5-7-12(15)8-6-11/h5-8,17H,10H2,1-4H3. The molecule has 1 N–H and O–H groups in total. The van der Waals surface area contributed by atoms with Gasteiger partial charge < -0.3 is 0 Å². The Hall–Kier alpha value is -1.40. The lowest BCUT2D eigenvalue weighted by molar-refractivity contribution is 0.397. The third-order valence-corrected chi connectivity index (χ3v) is 2.88. The van der Waals surface area contributed by atoms with Crippen LogP contribution >= 0.6 is 0 Å². The van der Waals surface area contributed by atoms with Gasteiger partial charge in [-0.1, -0.05) is 26.0 Å². The van der Waals surface area contributed by atoms with Crippen LogP contribution in [0.3, 0.4) is 0 Å². The Kier molecular flexibility index (Phi) is 3.90. The van der Waals surface area contributed by atoms with Crippen LogP contribution in [0.15, 0.2) is 24.3 Å². The van der Waals surface area contributed by atoms with Crippen molar-refractivity contribution < 1.29 is 4.39 Å². The van der Waals surface area contributed by atoms with E-state index in [4.69, 9.17) is 5.26 Å². The van der Waals surface area contributed by atoms with Crippen molar-refractivity contribution in [2.45, 2.75) is 38.6 Å². The van der Waals surface area contributed by atoms with Gasteiger partial charge in [0.1, 0.15) is 11.4 Å². The minimum Gasteiger partial charge on any atom is -0.299 e. The normalized spacial score (nSPS) is 12.2. The molecule has 92 valence electrons. The van der Waals surface area contributed by atoms with Gasteiger partial charge in [-0.25, -0.2) is 4.39 Å². The Morgan fingerprint density at radius 2 is 1.71 bits per heavy atom. The van der Waals surface area contributed by atoms with E-state index in [2.05, 4.69) is 25.2 Å². The van der Waals surface area contributed by atoms with Gasteiger partial charge in [0.25, 0.3) is 0 Å². The Labute approximate surface area is 102 Å². The monoisotopic (exact) mass is 234 g/mol. The van der Waals surface area contributed by atoms with Gasteiger partial charge in [-0.2, -0.15) is 5.26 Å². The van der Waals surface area contributed by atoms with Crippen LogP contribution in [0.2, 0.25) is 0 Å². The van der Waals surface area contributed by atoms with Crippen molar-refractivity contribution in [3.63, 3.8) is 0 Å². The fourth-order valence-electron chi connectivity index (χ4n) is 1.48. The summed E-state index contributed by atoms with van der Waals surface area (Å²) >= 11 is 0. The molecular formula is C14H19FN2. The SMILES string of the molecule is CC(C)(C#N)NCC(C)(C)c1ccc(F)cc1. The Balaban J connectivity index is 2.76. The molecule has 0 aliphatic heterocycles. The fraction of sp³-hybridized carbons (Fsp3) is 0.500. The van der Waals surface area contributed by atoms with Crippen molar-refractivity contribution in [3.8, 4) is 6.07 Å². The second-order valence-corrected chi connectivity index (χ2v) is 5.48. The molecule has 0 radical (unpaired) electrons. The van der Waals surface area contributed by atoms with Crippen LogP contribution in [0.5, 0.6) is 0 Å². The van der Waals surface area contributed by atoms with E-state index < -0.39 is 5.54 Å². The largest absolute Gasteiger partial charge is 0.299 e. The molecule has 1 aromatic carbocycles. The second-order valence-electron chi connectivity index (χ2n) is 5.48. The van der Waals surface area contributed by atoms with Gasteiger partial charge in [-0.3, -0.25) is 5.32 Å². The van der Waals surface area contributed by atoms with Crippen LogP contribution in [0.25, 0.3) is 0 Å². The smallest absolute Gasteiger partial charge is 0.123 e. The maximum Gasteiger partial charge on any atom is 0.123 e. The molecule has 17 heavy (non-hydrogen) atoms. The first-order valence-electron chi connectivity index (χ1n) is 5.69. The van der Waals surface area contributed by atoms with Gasteiger partial charge in [-0.05, 0) is 31.5 Å². The first-order chi connectivity index (χ1) is 7.77.